The van der Waals surface area contributed by atoms with Gasteiger partial charge in [0, 0.05) is 34.6 Å². The minimum atomic E-state index is -0.363. The van der Waals surface area contributed by atoms with E-state index >= 15 is 0 Å². The van der Waals surface area contributed by atoms with Crippen LogP contribution in [0, 0.1) is 19.8 Å². The smallest absolute Gasteiger partial charge is 0.295 e. The molecule has 1 aliphatic carbocycles. The van der Waals surface area contributed by atoms with Crippen molar-refractivity contribution in [3.05, 3.63) is 41.5 Å². The summed E-state index contributed by atoms with van der Waals surface area (Å²) in [6.45, 7) is 4.13. The van der Waals surface area contributed by atoms with Crippen LogP contribution in [0.25, 0.3) is 11.1 Å². The highest BCUT2D eigenvalue weighted by Crippen LogP contribution is 2.33. The lowest BCUT2D eigenvalue weighted by Gasteiger charge is -2.13. The van der Waals surface area contributed by atoms with Gasteiger partial charge in [0.15, 0.2) is 0 Å². The number of carbonyl (C=O) groups excluding carboxylic acids is 1. The van der Waals surface area contributed by atoms with Crippen molar-refractivity contribution >= 4 is 22.4 Å². The van der Waals surface area contributed by atoms with Crippen LogP contribution in [0.15, 0.2) is 24.5 Å². The topological polar surface area (TPSA) is 119 Å². The van der Waals surface area contributed by atoms with Crippen molar-refractivity contribution in [1.29, 1.82) is 0 Å². The van der Waals surface area contributed by atoms with Crippen LogP contribution in [0.1, 0.15) is 41.0 Å². The van der Waals surface area contributed by atoms with Gasteiger partial charge in [-0.1, -0.05) is 11.5 Å². The third-order valence-corrected chi connectivity index (χ3v) is 6.22. The number of aliphatic hydroxyl groups excluding tert-OH is 1. The van der Waals surface area contributed by atoms with Crippen LogP contribution >= 0.6 is 11.3 Å². The van der Waals surface area contributed by atoms with E-state index in [2.05, 4.69) is 25.5 Å². The number of nitrogens with one attached hydrogen (secondary N) is 1. The van der Waals surface area contributed by atoms with Crippen LogP contribution in [0.3, 0.4) is 0 Å². The largest absolute Gasteiger partial charge is 0.494 e. The number of nitrogens with zero attached hydrogens (tertiary/aromatic N) is 4. The van der Waals surface area contributed by atoms with E-state index in [9.17, 15) is 9.90 Å². The average Bonchev–Trinajstić information content (AvgIpc) is 3.40. The molecule has 9 nitrogen and oxygen atoms in total. The number of carbonyl (C=O) groups is 1. The quantitative estimate of drug-likeness (QED) is 0.556. The lowest BCUT2D eigenvalue weighted by molar-refractivity contribution is 0.0981. The number of aliphatic hydroxyl groups is 1. The zero-order valence-electron chi connectivity index (χ0n) is 18.2. The summed E-state index contributed by atoms with van der Waals surface area (Å²) in [5, 5.41) is 21.4. The monoisotopic (exact) mass is 455 g/mol. The molecule has 1 amide bonds. The fourth-order valence-electron chi connectivity index (χ4n) is 3.76. The Morgan fingerprint density at radius 1 is 1.16 bits per heavy atom. The predicted molar refractivity (Wildman–Crippen MR) is 120 cm³/mol. The summed E-state index contributed by atoms with van der Waals surface area (Å²) >= 11 is 1.14. The number of aryl methyl sites for hydroxylation is 2. The average molecular weight is 456 g/mol. The number of hydrogen-bond acceptors (Lipinski definition) is 9. The first-order chi connectivity index (χ1) is 15.4. The van der Waals surface area contributed by atoms with Gasteiger partial charge < -0.3 is 14.6 Å². The van der Waals surface area contributed by atoms with Crippen LogP contribution in [0.5, 0.6) is 10.9 Å². The van der Waals surface area contributed by atoms with Crippen molar-refractivity contribution in [2.24, 2.45) is 5.92 Å². The first-order valence-electron chi connectivity index (χ1n) is 10.4. The molecule has 2 atom stereocenters. The molecule has 2 N–H and O–H groups in total. The highest BCUT2D eigenvalue weighted by molar-refractivity contribution is 7.17. The number of anilines is 1. The number of rotatable bonds is 7. The highest BCUT2D eigenvalue weighted by atomic mass is 32.1. The summed E-state index contributed by atoms with van der Waals surface area (Å²) in [7, 11) is 1.57. The minimum absolute atomic E-state index is 0.108. The van der Waals surface area contributed by atoms with E-state index < -0.39 is 0 Å². The molecule has 168 valence electrons. The summed E-state index contributed by atoms with van der Waals surface area (Å²) in [5.41, 5.74) is 3.40. The van der Waals surface area contributed by atoms with Crippen LogP contribution in [-0.2, 0) is 0 Å². The van der Waals surface area contributed by atoms with Gasteiger partial charge in [-0.2, -0.15) is 0 Å². The number of amides is 1. The molecule has 0 saturated heterocycles. The van der Waals surface area contributed by atoms with Gasteiger partial charge in [0.05, 0.1) is 31.6 Å². The first kappa shape index (κ1) is 22.1. The zero-order chi connectivity index (χ0) is 22.7. The Hall–Kier alpha value is -3.11. The third-order valence-electron chi connectivity index (χ3n) is 5.47. The van der Waals surface area contributed by atoms with E-state index in [1.54, 1.807) is 13.3 Å². The van der Waals surface area contributed by atoms with E-state index in [4.69, 9.17) is 9.47 Å². The van der Waals surface area contributed by atoms with E-state index in [-0.39, 0.29) is 17.9 Å². The van der Waals surface area contributed by atoms with Crippen molar-refractivity contribution in [3.8, 4) is 22.1 Å². The van der Waals surface area contributed by atoms with Crippen LogP contribution in [0.4, 0.5) is 5.13 Å². The lowest BCUT2D eigenvalue weighted by atomic mass is 9.99. The Labute approximate surface area is 189 Å². The number of hydrogen-bond donors (Lipinski definition) is 2. The number of aromatic nitrogens is 4. The van der Waals surface area contributed by atoms with Crippen molar-refractivity contribution in [2.75, 3.05) is 19.0 Å². The third kappa shape index (κ3) is 4.86. The number of pyridine rings is 2. The van der Waals surface area contributed by atoms with Gasteiger partial charge in [-0.15, -0.1) is 5.10 Å². The maximum atomic E-state index is 13.1. The first-order valence-corrected chi connectivity index (χ1v) is 11.2. The molecule has 3 heterocycles. The lowest BCUT2D eigenvalue weighted by Crippen LogP contribution is -2.20. The summed E-state index contributed by atoms with van der Waals surface area (Å²) < 4.78 is 11.1. The van der Waals surface area contributed by atoms with Gasteiger partial charge in [0.25, 0.3) is 11.1 Å². The fraction of sp³-hybridized carbons (Fsp3) is 0.409. The summed E-state index contributed by atoms with van der Waals surface area (Å²) in [6.07, 6.45) is 5.59. The molecule has 1 aliphatic rings. The van der Waals surface area contributed by atoms with Gasteiger partial charge >= 0.3 is 0 Å². The molecule has 4 rings (SSSR count). The van der Waals surface area contributed by atoms with Gasteiger partial charge in [-0.3, -0.25) is 20.1 Å². The standard InChI is InChI=1S/C22H25N5O4S/c1-12-7-15(16-8-13(2)24-10-19(16)30-3)17(9-23-12)20(29)25-21-26-27-22(32-21)31-11-14-5-4-6-18(14)28/h7-10,14,18,28H,4-6,11H2,1-3H3,(H,25,26,29)/t14-,18+/m1/s1. The van der Waals surface area contributed by atoms with Gasteiger partial charge in [-0.25, -0.2) is 0 Å². The SMILES string of the molecule is COc1cnc(C)cc1-c1cc(C)ncc1C(=O)Nc1nnc(OC[C@H]2CCC[C@@H]2O)s1. The molecule has 10 heteroatoms. The molecule has 0 bridgehead atoms. The van der Waals surface area contributed by atoms with Crippen LogP contribution in [0.2, 0.25) is 0 Å². The summed E-state index contributed by atoms with van der Waals surface area (Å²) in [4.78, 5) is 21.6. The Kier molecular flexibility index (Phi) is 6.61. The normalized spacial score (nSPS) is 17.9. The van der Waals surface area contributed by atoms with Crippen LogP contribution < -0.4 is 14.8 Å². The van der Waals surface area contributed by atoms with Crippen LogP contribution in [-0.4, -0.2) is 51.0 Å². The summed E-state index contributed by atoms with van der Waals surface area (Å²) in [6, 6.07) is 3.71. The maximum Gasteiger partial charge on any atom is 0.295 e. The molecule has 0 aromatic carbocycles. The fourth-order valence-corrected chi connectivity index (χ4v) is 4.36. The minimum Gasteiger partial charge on any atom is -0.494 e. The predicted octanol–water partition coefficient (Wildman–Crippen LogP) is 3.41. The van der Waals surface area contributed by atoms with Crippen molar-refractivity contribution in [1.82, 2.24) is 20.2 Å². The Morgan fingerprint density at radius 2 is 1.91 bits per heavy atom. The van der Waals surface area contributed by atoms with Gasteiger partial charge in [-0.05, 0) is 50.2 Å². The second-order valence-corrected chi connectivity index (χ2v) is 8.73. The molecule has 0 unspecified atom stereocenters. The molecule has 0 aliphatic heterocycles. The molecule has 1 saturated carbocycles. The maximum absolute atomic E-state index is 13.1. The molecular formula is C22H25N5O4S. The molecule has 0 spiro atoms. The Bertz CT molecular complexity index is 1120. The molecular weight excluding hydrogens is 430 g/mol. The van der Waals surface area contributed by atoms with Gasteiger partial charge in [0.1, 0.15) is 5.75 Å². The van der Waals surface area contributed by atoms with E-state index in [0.29, 0.717) is 33.8 Å². The van der Waals surface area contributed by atoms with E-state index in [0.717, 1.165) is 47.6 Å². The summed E-state index contributed by atoms with van der Waals surface area (Å²) in [5.74, 6) is 0.311. The molecule has 1 fully saturated rings. The zero-order valence-corrected chi connectivity index (χ0v) is 19.0. The Morgan fingerprint density at radius 3 is 2.62 bits per heavy atom. The number of methoxy groups -OCH3 is 1. The highest BCUT2D eigenvalue weighted by Gasteiger charge is 2.26. The van der Waals surface area contributed by atoms with Crippen molar-refractivity contribution in [2.45, 2.75) is 39.2 Å². The molecule has 3 aromatic heterocycles. The van der Waals surface area contributed by atoms with E-state index in [1.165, 1.54) is 6.20 Å². The van der Waals surface area contributed by atoms with Crippen molar-refractivity contribution < 1.29 is 19.4 Å². The molecule has 3 aromatic rings. The van der Waals surface area contributed by atoms with E-state index in [1.807, 2.05) is 26.0 Å². The molecule has 32 heavy (non-hydrogen) atoms. The second-order valence-electron chi connectivity index (χ2n) is 7.79. The second kappa shape index (κ2) is 9.58. The van der Waals surface area contributed by atoms with Crippen molar-refractivity contribution in [3.63, 3.8) is 0 Å². The molecule has 0 radical (unpaired) electrons. The Balaban J connectivity index is 1.52. The number of ether oxygens (including phenoxy) is 2. The van der Waals surface area contributed by atoms with Gasteiger partial charge in [0.2, 0.25) is 5.13 Å².